The Morgan fingerprint density at radius 3 is 1.75 bits per heavy atom. The molecule has 68 valence electrons. The Morgan fingerprint density at radius 1 is 1.08 bits per heavy atom. The zero-order chi connectivity index (χ0) is 8.74. The molecule has 0 saturated heterocycles. The molecular weight excluding hydrogens is 159 g/mol. The minimum atomic E-state index is -1.28. The maximum absolute atomic E-state index is 5.90. The van der Waals surface area contributed by atoms with E-state index < -0.39 is 8.32 Å². The van der Waals surface area contributed by atoms with Crippen LogP contribution < -0.4 is 18.9 Å². The van der Waals surface area contributed by atoms with Crippen molar-refractivity contribution in [2.24, 2.45) is 0 Å². The summed E-state index contributed by atoms with van der Waals surface area (Å²) in [7, 11) is -1.28. The van der Waals surface area contributed by atoms with Crippen LogP contribution in [-0.2, 0) is 4.43 Å². The second kappa shape index (κ2) is 8.38. The summed E-state index contributed by atoms with van der Waals surface area (Å²) >= 11 is 0. The van der Waals surface area contributed by atoms with Gasteiger partial charge in [-0.25, -0.2) is 0 Å². The van der Waals surface area contributed by atoms with E-state index >= 15 is 0 Å². The molecule has 0 bridgehead atoms. The Kier molecular flexibility index (Phi) is 10.6. The first kappa shape index (κ1) is 15.3. The van der Waals surface area contributed by atoms with E-state index in [4.69, 9.17) is 4.43 Å². The Bertz CT molecular complexity index is 86.3. The Balaban J connectivity index is 0. The minimum Gasteiger partial charge on any atom is -0.419 e. The van der Waals surface area contributed by atoms with Crippen LogP contribution in [0.4, 0.5) is 0 Å². The first-order valence-electron chi connectivity index (χ1n) is 4.67. The molecule has 0 unspecified atom stereocenters. The van der Waals surface area contributed by atoms with Crippen molar-refractivity contribution >= 4 is 8.32 Å². The molecular formula is C9H21LiOSi. The van der Waals surface area contributed by atoms with Gasteiger partial charge in [-0.05, 0) is 18.1 Å². The number of hydrogen-bond donors (Lipinski definition) is 0. The van der Waals surface area contributed by atoms with Gasteiger partial charge in [0.15, 0.2) is 8.32 Å². The van der Waals surface area contributed by atoms with E-state index in [2.05, 4.69) is 27.7 Å². The van der Waals surface area contributed by atoms with Crippen LogP contribution in [0, 0.1) is 6.92 Å². The van der Waals surface area contributed by atoms with E-state index in [1.165, 1.54) is 18.1 Å². The maximum Gasteiger partial charge on any atom is 1.00 e. The van der Waals surface area contributed by atoms with E-state index in [0.717, 1.165) is 13.0 Å². The van der Waals surface area contributed by atoms with Gasteiger partial charge in [0, 0.05) is 6.61 Å². The molecule has 1 nitrogen and oxygen atoms in total. The van der Waals surface area contributed by atoms with Gasteiger partial charge in [-0.15, -0.1) is 0 Å². The predicted octanol–water partition coefficient (Wildman–Crippen LogP) is 0.236. The van der Waals surface area contributed by atoms with Crippen LogP contribution in [0.5, 0.6) is 0 Å². The van der Waals surface area contributed by atoms with Crippen LogP contribution in [0.2, 0.25) is 18.1 Å². The van der Waals surface area contributed by atoms with Crippen molar-refractivity contribution in [2.45, 2.75) is 45.3 Å². The molecule has 0 heterocycles. The SMILES string of the molecule is [CH2-]CCO[Si](CC)(CC)CC.[Li+]. The third kappa shape index (κ3) is 4.72. The molecule has 0 aliphatic heterocycles. The molecule has 3 heteroatoms. The van der Waals surface area contributed by atoms with Crippen LogP contribution >= 0.6 is 0 Å². The van der Waals surface area contributed by atoms with Crippen molar-refractivity contribution in [1.29, 1.82) is 0 Å². The summed E-state index contributed by atoms with van der Waals surface area (Å²) < 4.78 is 5.90. The summed E-state index contributed by atoms with van der Waals surface area (Å²) in [6, 6.07) is 3.75. The first-order valence-corrected chi connectivity index (χ1v) is 7.20. The summed E-state index contributed by atoms with van der Waals surface area (Å²) in [5, 5.41) is 0. The van der Waals surface area contributed by atoms with Gasteiger partial charge in [-0.3, -0.25) is 0 Å². The predicted molar refractivity (Wildman–Crippen MR) is 53.1 cm³/mol. The second-order valence-electron chi connectivity index (χ2n) is 2.95. The Hall–Kier alpha value is 0.774. The molecule has 0 saturated carbocycles. The Morgan fingerprint density at radius 2 is 1.50 bits per heavy atom. The van der Waals surface area contributed by atoms with Crippen molar-refractivity contribution in [3.63, 3.8) is 0 Å². The van der Waals surface area contributed by atoms with Gasteiger partial charge in [0.2, 0.25) is 0 Å². The molecule has 0 spiro atoms. The van der Waals surface area contributed by atoms with Crippen molar-refractivity contribution in [3.8, 4) is 0 Å². The first-order chi connectivity index (χ1) is 5.24. The minimum absolute atomic E-state index is 0. The van der Waals surface area contributed by atoms with Crippen LogP contribution in [0.1, 0.15) is 27.2 Å². The second-order valence-corrected chi connectivity index (χ2v) is 7.72. The molecule has 0 atom stereocenters. The van der Waals surface area contributed by atoms with Gasteiger partial charge >= 0.3 is 18.9 Å². The smallest absolute Gasteiger partial charge is 0.419 e. The van der Waals surface area contributed by atoms with Gasteiger partial charge in [-0.1, -0.05) is 20.8 Å². The zero-order valence-electron chi connectivity index (χ0n) is 9.15. The Labute approximate surface area is 90.6 Å². The summed E-state index contributed by atoms with van der Waals surface area (Å²) in [4.78, 5) is 0. The fourth-order valence-corrected chi connectivity index (χ4v) is 4.03. The summed E-state index contributed by atoms with van der Waals surface area (Å²) in [5.74, 6) is 0. The van der Waals surface area contributed by atoms with E-state index in [9.17, 15) is 0 Å². The molecule has 0 aliphatic carbocycles. The van der Waals surface area contributed by atoms with E-state index in [0.29, 0.717) is 0 Å². The van der Waals surface area contributed by atoms with Gasteiger partial charge < -0.3 is 11.3 Å². The van der Waals surface area contributed by atoms with Crippen LogP contribution in [0.3, 0.4) is 0 Å². The van der Waals surface area contributed by atoms with Crippen molar-refractivity contribution in [1.82, 2.24) is 0 Å². The third-order valence-corrected chi connectivity index (χ3v) is 7.17. The van der Waals surface area contributed by atoms with Crippen molar-refractivity contribution in [3.05, 3.63) is 6.92 Å². The fourth-order valence-electron chi connectivity index (χ4n) is 1.34. The molecule has 0 aliphatic rings. The fraction of sp³-hybridized carbons (Fsp3) is 0.889. The van der Waals surface area contributed by atoms with Crippen molar-refractivity contribution < 1.29 is 23.3 Å². The maximum atomic E-state index is 5.90. The average molecular weight is 180 g/mol. The molecule has 0 aromatic carbocycles. The number of rotatable bonds is 6. The van der Waals surface area contributed by atoms with Gasteiger partial charge in [0.05, 0.1) is 0 Å². The van der Waals surface area contributed by atoms with Gasteiger partial charge in [0.1, 0.15) is 0 Å². The quantitative estimate of drug-likeness (QED) is 0.420. The standard InChI is InChI=1S/C9H21OSi.Li/c1-5-9-10-11(6-2,7-3)8-4;/h1,5-9H2,2-4H3;/q-1;+1. The summed E-state index contributed by atoms with van der Waals surface area (Å²) in [6.45, 7) is 11.4. The summed E-state index contributed by atoms with van der Waals surface area (Å²) in [5.41, 5.74) is 0. The third-order valence-electron chi connectivity index (χ3n) is 2.49. The van der Waals surface area contributed by atoms with E-state index in [1.807, 2.05) is 0 Å². The van der Waals surface area contributed by atoms with Crippen LogP contribution in [0.25, 0.3) is 0 Å². The van der Waals surface area contributed by atoms with Crippen molar-refractivity contribution in [2.75, 3.05) is 6.61 Å². The van der Waals surface area contributed by atoms with E-state index in [1.54, 1.807) is 0 Å². The molecule has 0 aromatic rings. The van der Waals surface area contributed by atoms with E-state index in [-0.39, 0.29) is 18.9 Å². The van der Waals surface area contributed by atoms with Gasteiger partial charge in [-0.2, -0.15) is 6.42 Å². The monoisotopic (exact) mass is 180 g/mol. The zero-order valence-corrected chi connectivity index (χ0v) is 10.2. The molecule has 0 fully saturated rings. The molecule has 0 N–H and O–H groups in total. The normalized spacial score (nSPS) is 11.0. The summed E-state index contributed by atoms with van der Waals surface area (Å²) in [6.07, 6.45) is 0.911. The molecule has 0 aromatic heterocycles. The number of hydrogen-bond acceptors (Lipinski definition) is 1. The largest absolute Gasteiger partial charge is 1.00 e. The molecule has 0 rings (SSSR count). The van der Waals surface area contributed by atoms with Crippen LogP contribution in [0.15, 0.2) is 0 Å². The van der Waals surface area contributed by atoms with Crippen LogP contribution in [-0.4, -0.2) is 14.9 Å². The van der Waals surface area contributed by atoms with Gasteiger partial charge in [0.25, 0.3) is 0 Å². The molecule has 12 heavy (non-hydrogen) atoms. The molecule has 0 amide bonds. The topological polar surface area (TPSA) is 9.23 Å². The average Bonchev–Trinajstić information content (AvgIpc) is 2.08. The molecule has 0 radical (unpaired) electrons.